The van der Waals surface area contributed by atoms with Crippen LogP contribution in [-0.4, -0.2) is 12.0 Å². The molecule has 2 unspecified atom stereocenters. The first-order valence-electron chi connectivity index (χ1n) is 10.6. The Morgan fingerprint density at radius 2 is 1.71 bits per heavy atom. The summed E-state index contributed by atoms with van der Waals surface area (Å²) in [5.41, 5.74) is 3.94. The predicted molar refractivity (Wildman–Crippen MR) is 122 cm³/mol. The van der Waals surface area contributed by atoms with Gasteiger partial charge in [-0.2, -0.15) is 0 Å². The molecule has 0 radical (unpaired) electrons. The highest BCUT2D eigenvalue weighted by molar-refractivity contribution is 6.05. The van der Waals surface area contributed by atoms with Gasteiger partial charge in [-0.05, 0) is 53.6 Å². The number of hydrogen-bond acceptors (Lipinski definition) is 3. The van der Waals surface area contributed by atoms with E-state index in [9.17, 15) is 9.59 Å². The topological polar surface area (TPSA) is 67.4 Å². The average Bonchev–Trinajstić information content (AvgIpc) is 3.59. The van der Waals surface area contributed by atoms with Crippen molar-refractivity contribution in [1.82, 2.24) is 0 Å². The summed E-state index contributed by atoms with van der Waals surface area (Å²) < 4.78 is 5.25. The Balaban J connectivity index is 1.38. The van der Waals surface area contributed by atoms with Gasteiger partial charge in [0.25, 0.3) is 5.91 Å². The Kier molecular flexibility index (Phi) is 6.32. The average molecular weight is 415 g/mol. The van der Waals surface area contributed by atoms with Gasteiger partial charge < -0.3 is 10.1 Å². The minimum absolute atomic E-state index is 0.184. The van der Waals surface area contributed by atoms with Crippen LogP contribution < -0.4 is 10.6 Å². The van der Waals surface area contributed by atoms with Crippen molar-refractivity contribution in [1.29, 1.82) is 0 Å². The second kappa shape index (κ2) is 9.47. The number of nitrogens with one attached hydrogen (secondary N) is 2. The molecular weight excluding hydrogens is 388 g/mol. The second-order valence-electron chi connectivity index (χ2n) is 7.82. The van der Waals surface area contributed by atoms with E-state index in [1.54, 1.807) is 24.3 Å². The number of carbonyl (C=O) groups excluding carboxylic acids is 2. The number of carbonyl (C=O) groups is 2. The van der Waals surface area contributed by atoms with Crippen LogP contribution in [0.3, 0.4) is 0 Å². The van der Waals surface area contributed by atoms with Crippen molar-refractivity contribution in [2.75, 3.05) is 10.6 Å². The highest BCUT2D eigenvalue weighted by atomic mass is 16.5. The zero-order valence-electron chi connectivity index (χ0n) is 17.5. The normalized spacial score (nSPS) is 16.9. The molecule has 0 bridgehead atoms. The van der Waals surface area contributed by atoms with Crippen molar-refractivity contribution < 1.29 is 14.3 Å². The van der Waals surface area contributed by atoms with Gasteiger partial charge in [-0.3, -0.25) is 10.1 Å². The Hall–Kier alpha value is -3.60. The Bertz CT molecular complexity index is 1070. The van der Waals surface area contributed by atoms with Crippen molar-refractivity contribution in [2.45, 2.75) is 32.3 Å². The number of hydrogen-bond donors (Lipinski definition) is 2. The smallest absolute Gasteiger partial charge is 0.411 e. The molecule has 2 amide bonds. The van der Waals surface area contributed by atoms with Crippen molar-refractivity contribution in [3.63, 3.8) is 0 Å². The summed E-state index contributed by atoms with van der Waals surface area (Å²) in [6.45, 7) is 2.39. The van der Waals surface area contributed by atoms with Gasteiger partial charge in [0.1, 0.15) is 6.61 Å². The van der Waals surface area contributed by atoms with E-state index in [4.69, 9.17) is 4.74 Å². The number of ether oxygens (including phenoxy) is 1. The van der Waals surface area contributed by atoms with Crippen molar-refractivity contribution in [3.8, 4) is 0 Å². The summed E-state index contributed by atoms with van der Waals surface area (Å²) in [4.78, 5) is 25.0. The molecule has 3 aromatic carbocycles. The summed E-state index contributed by atoms with van der Waals surface area (Å²) in [7, 11) is 0. The van der Waals surface area contributed by atoms with Crippen molar-refractivity contribution >= 4 is 23.4 Å². The summed E-state index contributed by atoms with van der Waals surface area (Å²) in [5.74, 6) is 1.02. The second-order valence-corrected chi connectivity index (χ2v) is 7.82. The van der Waals surface area contributed by atoms with Gasteiger partial charge in [0, 0.05) is 16.9 Å². The van der Waals surface area contributed by atoms with Crippen LogP contribution in [0.2, 0.25) is 0 Å². The van der Waals surface area contributed by atoms with E-state index < -0.39 is 6.09 Å². The van der Waals surface area contributed by atoms with Gasteiger partial charge in [0.05, 0.1) is 0 Å². The lowest BCUT2D eigenvalue weighted by Gasteiger charge is -2.12. The van der Waals surface area contributed by atoms with Gasteiger partial charge in [0.15, 0.2) is 0 Å². The fraction of sp³-hybridized carbons (Fsp3) is 0.231. The largest absolute Gasteiger partial charge is 0.444 e. The molecule has 158 valence electrons. The van der Waals surface area contributed by atoms with E-state index in [-0.39, 0.29) is 12.5 Å². The predicted octanol–water partition coefficient (Wildman–Crippen LogP) is 6.20. The lowest BCUT2D eigenvalue weighted by atomic mass is 10.1. The summed E-state index contributed by atoms with van der Waals surface area (Å²) >= 11 is 0. The van der Waals surface area contributed by atoms with Crippen LogP contribution in [0.4, 0.5) is 16.2 Å². The molecule has 0 aromatic heterocycles. The van der Waals surface area contributed by atoms with Crippen LogP contribution in [0, 0.1) is 5.92 Å². The van der Waals surface area contributed by atoms with Crippen LogP contribution in [0.5, 0.6) is 0 Å². The maximum atomic E-state index is 12.9. The molecular formula is C26H26N2O3. The molecule has 3 aromatic rings. The highest BCUT2D eigenvalue weighted by Crippen LogP contribution is 2.51. The number of anilines is 2. The molecule has 2 N–H and O–H groups in total. The maximum absolute atomic E-state index is 12.9. The zero-order valence-corrected chi connectivity index (χ0v) is 17.5. The highest BCUT2D eigenvalue weighted by Gasteiger charge is 2.37. The molecule has 0 heterocycles. The third kappa shape index (κ3) is 5.31. The summed E-state index contributed by atoms with van der Waals surface area (Å²) in [6, 6.07) is 24.3. The number of benzene rings is 3. The number of amides is 2. The third-order valence-corrected chi connectivity index (χ3v) is 5.64. The first-order valence-corrected chi connectivity index (χ1v) is 10.6. The van der Waals surface area contributed by atoms with Gasteiger partial charge in [0.2, 0.25) is 0 Å². The van der Waals surface area contributed by atoms with Crippen LogP contribution in [0.1, 0.15) is 47.2 Å². The Morgan fingerprint density at radius 3 is 2.48 bits per heavy atom. The SMILES string of the molecule is CCC1CC1c1ccccc1NC(=O)c1cccc(NC(=O)OCc2ccccc2)c1. The Morgan fingerprint density at radius 1 is 0.935 bits per heavy atom. The molecule has 4 rings (SSSR count). The quantitative estimate of drug-likeness (QED) is 0.484. The van der Waals surface area contributed by atoms with Crippen LogP contribution in [0.25, 0.3) is 0 Å². The number of rotatable bonds is 7. The molecule has 0 spiro atoms. The summed E-state index contributed by atoms with van der Waals surface area (Å²) in [6.07, 6.45) is 1.76. The zero-order chi connectivity index (χ0) is 21.6. The van der Waals surface area contributed by atoms with E-state index in [2.05, 4.69) is 23.6 Å². The fourth-order valence-corrected chi connectivity index (χ4v) is 3.82. The van der Waals surface area contributed by atoms with Gasteiger partial charge >= 0.3 is 6.09 Å². The first-order chi connectivity index (χ1) is 15.1. The number of para-hydroxylation sites is 1. The molecule has 0 aliphatic heterocycles. The van der Waals surface area contributed by atoms with E-state index in [1.165, 1.54) is 12.0 Å². The van der Waals surface area contributed by atoms with Gasteiger partial charge in [-0.25, -0.2) is 4.79 Å². The minimum atomic E-state index is -0.564. The van der Waals surface area contributed by atoms with E-state index in [0.717, 1.165) is 17.7 Å². The molecule has 1 aliphatic rings. The van der Waals surface area contributed by atoms with Gasteiger partial charge in [-0.1, -0.05) is 67.9 Å². The molecule has 1 fully saturated rings. The minimum Gasteiger partial charge on any atom is -0.444 e. The molecule has 5 heteroatoms. The molecule has 1 aliphatic carbocycles. The lowest BCUT2D eigenvalue weighted by molar-refractivity contribution is 0.102. The molecule has 0 saturated heterocycles. The molecule has 1 saturated carbocycles. The van der Waals surface area contributed by atoms with E-state index in [1.807, 2.05) is 48.5 Å². The van der Waals surface area contributed by atoms with Crippen molar-refractivity contribution in [2.24, 2.45) is 5.92 Å². The lowest BCUT2D eigenvalue weighted by Crippen LogP contribution is -2.16. The maximum Gasteiger partial charge on any atom is 0.411 e. The molecule has 5 nitrogen and oxygen atoms in total. The van der Waals surface area contributed by atoms with Crippen LogP contribution in [0.15, 0.2) is 78.9 Å². The van der Waals surface area contributed by atoms with Crippen molar-refractivity contribution in [3.05, 3.63) is 95.6 Å². The summed E-state index contributed by atoms with van der Waals surface area (Å²) in [5, 5.41) is 5.72. The Labute approximate surface area is 182 Å². The standard InChI is InChI=1S/C26H26N2O3/c1-2-19-16-23(19)22-13-6-7-14-24(22)28-25(29)20-11-8-12-21(15-20)27-26(30)31-17-18-9-4-3-5-10-18/h3-15,19,23H,2,16-17H2,1H3,(H,27,30)(H,28,29). The van der Waals surface area contributed by atoms with E-state index >= 15 is 0 Å². The third-order valence-electron chi connectivity index (χ3n) is 5.64. The van der Waals surface area contributed by atoms with Crippen LogP contribution >= 0.6 is 0 Å². The molecule has 2 atom stereocenters. The van der Waals surface area contributed by atoms with E-state index in [0.29, 0.717) is 23.1 Å². The van der Waals surface area contributed by atoms with Gasteiger partial charge in [-0.15, -0.1) is 0 Å². The van der Waals surface area contributed by atoms with Crippen LogP contribution in [-0.2, 0) is 11.3 Å². The monoisotopic (exact) mass is 414 g/mol. The first kappa shape index (κ1) is 20.7. The fourth-order valence-electron chi connectivity index (χ4n) is 3.82. The molecule has 31 heavy (non-hydrogen) atoms.